The molecule has 2 heterocycles. The van der Waals surface area contributed by atoms with Crippen LogP contribution >= 0.6 is 24.0 Å². The molecule has 25 heavy (non-hydrogen) atoms. The van der Waals surface area contributed by atoms with Crippen LogP contribution in [0.3, 0.4) is 0 Å². The summed E-state index contributed by atoms with van der Waals surface area (Å²) in [5.74, 6) is 1.37. The van der Waals surface area contributed by atoms with E-state index in [0.29, 0.717) is 19.0 Å². The third-order valence-electron chi connectivity index (χ3n) is 3.86. The summed E-state index contributed by atoms with van der Waals surface area (Å²) in [6.07, 6.45) is 1.73. The van der Waals surface area contributed by atoms with E-state index in [2.05, 4.69) is 32.6 Å². The van der Waals surface area contributed by atoms with Crippen molar-refractivity contribution in [3.63, 3.8) is 0 Å². The summed E-state index contributed by atoms with van der Waals surface area (Å²) in [4.78, 5) is 8.73. The Kier molecular flexibility index (Phi) is 8.67. The van der Waals surface area contributed by atoms with Crippen LogP contribution in [0.25, 0.3) is 0 Å². The van der Waals surface area contributed by atoms with Crippen molar-refractivity contribution in [1.29, 1.82) is 0 Å². The molecule has 0 bridgehead atoms. The van der Waals surface area contributed by atoms with Crippen molar-refractivity contribution < 1.29 is 4.74 Å². The highest BCUT2D eigenvalue weighted by Crippen LogP contribution is 2.11. The van der Waals surface area contributed by atoms with Crippen molar-refractivity contribution in [1.82, 2.24) is 25.4 Å². The summed E-state index contributed by atoms with van der Waals surface area (Å²) < 4.78 is 7.05. The monoisotopic (exact) mass is 458 g/mol. The van der Waals surface area contributed by atoms with Crippen LogP contribution < -0.4 is 15.4 Å². The first-order valence-electron chi connectivity index (χ1n) is 8.05. The molecule has 0 saturated carbocycles. The molecule has 2 aromatic rings. The van der Waals surface area contributed by atoms with Crippen molar-refractivity contribution in [2.75, 3.05) is 13.7 Å². The zero-order chi connectivity index (χ0) is 17.5. The third kappa shape index (κ3) is 5.87. The molecular formula is C17H27IN6O. The van der Waals surface area contributed by atoms with E-state index in [0.717, 1.165) is 29.5 Å². The molecule has 0 atom stereocenters. The van der Waals surface area contributed by atoms with Crippen LogP contribution in [-0.4, -0.2) is 34.4 Å². The maximum atomic E-state index is 5.14. The minimum atomic E-state index is 0. The fourth-order valence-electron chi connectivity index (χ4n) is 2.42. The zero-order valence-corrected chi connectivity index (χ0v) is 17.8. The second-order valence-electron chi connectivity index (χ2n) is 5.53. The number of nitrogens with one attached hydrogen (secondary N) is 2. The highest BCUT2D eigenvalue weighted by Gasteiger charge is 2.09. The van der Waals surface area contributed by atoms with Gasteiger partial charge in [0.2, 0.25) is 5.88 Å². The normalized spacial score (nSPS) is 11.0. The molecule has 138 valence electrons. The number of ether oxygens (including phenoxy) is 1. The highest BCUT2D eigenvalue weighted by atomic mass is 127. The van der Waals surface area contributed by atoms with Crippen LogP contribution in [0.2, 0.25) is 0 Å². The van der Waals surface area contributed by atoms with Gasteiger partial charge in [-0.2, -0.15) is 5.10 Å². The molecule has 2 rings (SSSR count). The molecule has 0 unspecified atom stereocenters. The number of aryl methyl sites for hydroxylation is 2. The Balaban J connectivity index is 0.00000312. The fourth-order valence-corrected chi connectivity index (χ4v) is 2.42. The van der Waals surface area contributed by atoms with Gasteiger partial charge in [-0.25, -0.2) is 9.98 Å². The summed E-state index contributed by atoms with van der Waals surface area (Å²) in [6.45, 7) is 8.20. The lowest BCUT2D eigenvalue weighted by atomic mass is 10.2. The van der Waals surface area contributed by atoms with Crippen LogP contribution in [0.1, 0.15) is 29.4 Å². The smallest absolute Gasteiger partial charge is 0.213 e. The van der Waals surface area contributed by atoms with Gasteiger partial charge < -0.3 is 15.4 Å². The van der Waals surface area contributed by atoms with Crippen LogP contribution in [0.15, 0.2) is 23.3 Å². The van der Waals surface area contributed by atoms with Crippen molar-refractivity contribution in [2.45, 2.75) is 33.9 Å². The standard InChI is InChI=1S/C17H26N6O.HI/c1-6-18-17(20-10-14-7-8-19-16(9-14)24-5)21-11-15-12(2)22-23(4)13(15)3;/h7-9H,6,10-11H2,1-5H3,(H2,18,20,21);1H. The molecule has 7 nitrogen and oxygen atoms in total. The van der Waals surface area contributed by atoms with Gasteiger partial charge in [-0.05, 0) is 32.4 Å². The van der Waals surface area contributed by atoms with Gasteiger partial charge >= 0.3 is 0 Å². The number of aromatic nitrogens is 3. The molecule has 0 fully saturated rings. The van der Waals surface area contributed by atoms with E-state index in [1.165, 1.54) is 5.56 Å². The summed E-state index contributed by atoms with van der Waals surface area (Å²) in [6, 6.07) is 3.83. The second-order valence-corrected chi connectivity index (χ2v) is 5.53. The van der Waals surface area contributed by atoms with E-state index >= 15 is 0 Å². The highest BCUT2D eigenvalue weighted by molar-refractivity contribution is 14.0. The van der Waals surface area contributed by atoms with Gasteiger partial charge in [-0.15, -0.1) is 24.0 Å². The second kappa shape index (κ2) is 10.2. The SMILES string of the molecule is CCNC(=NCc1ccnc(OC)c1)NCc1c(C)nn(C)c1C.I. The van der Waals surface area contributed by atoms with Gasteiger partial charge in [-0.1, -0.05) is 0 Å². The minimum absolute atomic E-state index is 0. The molecule has 0 aliphatic carbocycles. The van der Waals surface area contributed by atoms with Gasteiger partial charge in [0.25, 0.3) is 0 Å². The maximum absolute atomic E-state index is 5.14. The van der Waals surface area contributed by atoms with E-state index < -0.39 is 0 Å². The van der Waals surface area contributed by atoms with Gasteiger partial charge in [0, 0.05) is 43.7 Å². The Morgan fingerprint density at radius 1 is 1.32 bits per heavy atom. The molecule has 2 N–H and O–H groups in total. The van der Waals surface area contributed by atoms with Crippen molar-refractivity contribution in [2.24, 2.45) is 12.0 Å². The lowest BCUT2D eigenvalue weighted by Crippen LogP contribution is -2.37. The quantitative estimate of drug-likeness (QED) is 0.395. The van der Waals surface area contributed by atoms with Gasteiger partial charge in [0.15, 0.2) is 5.96 Å². The van der Waals surface area contributed by atoms with Gasteiger partial charge in [0.05, 0.1) is 19.3 Å². The molecule has 8 heteroatoms. The first kappa shape index (κ1) is 21.2. The van der Waals surface area contributed by atoms with E-state index in [1.54, 1.807) is 13.3 Å². The van der Waals surface area contributed by atoms with E-state index in [1.807, 2.05) is 37.7 Å². The summed E-state index contributed by atoms with van der Waals surface area (Å²) in [5, 5.41) is 11.1. The number of hydrogen-bond acceptors (Lipinski definition) is 4. The topological polar surface area (TPSA) is 76.4 Å². The Hall–Kier alpha value is -1.84. The summed E-state index contributed by atoms with van der Waals surface area (Å²) in [7, 11) is 3.57. The van der Waals surface area contributed by atoms with Gasteiger partial charge in [0.1, 0.15) is 0 Å². The lowest BCUT2D eigenvalue weighted by Gasteiger charge is -2.12. The van der Waals surface area contributed by atoms with Crippen LogP contribution in [0, 0.1) is 13.8 Å². The number of hydrogen-bond donors (Lipinski definition) is 2. The molecule has 0 radical (unpaired) electrons. The Bertz CT molecular complexity index is 713. The van der Waals surface area contributed by atoms with Crippen LogP contribution in [0.5, 0.6) is 5.88 Å². The van der Waals surface area contributed by atoms with E-state index in [4.69, 9.17) is 4.74 Å². The van der Waals surface area contributed by atoms with Crippen LogP contribution in [0.4, 0.5) is 0 Å². The number of guanidine groups is 1. The fraction of sp³-hybridized carbons (Fsp3) is 0.471. The number of aliphatic imine (C=N–C) groups is 1. The molecule has 2 aromatic heterocycles. The molecule has 0 saturated heterocycles. The first-order valence-corrected chi connectivity index (χ1v) is 8.05. The number of rotatable bonds is 6. The van der Waals surface area contributed by atoms with Gasteiger partial charge in [-0.3, -0.25) is 4.68 Å². The number of nitrogens with zero attached hydrogens (tertiary/aromatic N) is 4. The average molecular weight is 458 g/mol. The number of pyridine rings is 1. The maximum Gasteiger partial charge on any atom is 0.213 e. The Morgan fingerprint density at radius 3 is 2.68 bits per heavy atom. The molecule has 0 amide bonds. The largest absolute Gasteiger partial charge is 0.481 e. The minimum Gasteiger partial charge on any atom is -0.481 e. The predicted octanol–water partition coefficient (Wildman–Crippen LogP) is 2.31. The molecule has 0 aliphatic rings. The zero-order valence-electron chi connectivity index (χ0n) is 15.5. The molecular weight excluding hydrogens is 431 g/mol. The van der Waals surface area contributed by atoms with Crippen molar-refractivity contribution >= 4 is 29.9 Å². The van der Waals surface area contributed by atoms with E-state index in [9.17, 15) is 0 Å². The van der Waals surface area contributed by atoms with Crippen molar-refractivity contribution in [3.8, 4) is 5.88 Å². The van der Waals surface area contributed by atoms with Crippen molar-refractivity contribution in [3.05, 3.63) is 40.8 Å². The number of methoxy groups -OCH3 is 1. The number of halogens is 1. The Morgan fingerprint density at radius 2 is 2.08 bits per heavy atom. The summed E-state index contributed by atoms with van der Waals surface area (Å²) >= 11 is 0. The molecule has 0 aliphatic heterocycles. The van der Waals surface area contributed by atoms with Crippen LogP contribution in [-0.2, 0) is 20.1 Å². The first-order chi connectivity index (χ1) is 11.5. The third-order valence-corrected chi connectivity index (χ3v) is 3.86. The predicted molar refractivity (Wildman–Crippen MR) is 111 cm³/mol. The van der Waals surface area contributed by atoms with E-state index in [-0.39, 0.29) is 24.0 Å². The average Bonchev–Trinajstić information content (AvgIpc) is 2.83. The molecule has 0 spiro atoms. The molecule has 0 aromatic carbocycles. The Labute approximate surface area is 166 Å². The summed E-state index contributed by atoms with van der Waals surface area (Å²) in [5.41, 5.74) is 4.45. The lowest BCUT2D eigenvalue weighted by molar-refractivity contribution is 0.397.